The fraction of sp³-hybridized carbons (Fsp3) is 0.529. The molecule has 0 fully saturated rings. The van der Waals surface area contributed by atoms with Gasteiger partial charge in [-0.25, -0.2) is 20.0 Å². The number of ether oxygens (including phenoxy) is 1. The lowest BCUT2D eigenvalue weighted by molar-refractivity contribution is 0.0376. The molecule has 1 rings (SSSR count). The zero-order valence-electron chi connectivity index (χ0n) is 14.4. The minimum Gasteiger partial charge on any atom is -0.443 e. The first-order valence-corrected chi connectivity index (χ1v) is 7.90. The Kier molecular flexibility index (Phi) is 7.38. The number of nitrogens with one attached hydrogen (secondary N) is 2. The number of nitrogens with zero attached hydrogens (tertiary/aromatic N) is 1. The molecule has 6 nitrogen and oxygen atoms in total. The second-order valence-electron chi connectivity index (χ2n) is 6.26. The second-order valence-corrected chi connectivity index (χ2v) is 6.26. The smallest absolute Gasteiger partial charge is 0.426 e. The number of rotatable bonds is 5. The predicted molar refractivity (Wildman–Crippen MR) is 89.7 cm³/mol. The van der Waals surface area contributed by atoms with Crippen molar-refractivity contribution in [3.63, 3.8) is 0 Å². The average molecular weight is 321 g/mol. The van der Waals surface area contributed by atoms with Crippen LogP contribution in [-0.2, 0) is 11.3 Å². The van der Waals surface area contributed by atoms with Crippen molar-refractivity contribution in [2.75, 3.05) is 6.54 Å². The van der Waals surface area contributed by atoms with Gasteiger partial charge in [-0.1, -0.05) is 43.7 Å². The number of amides is 3. The van der Waals surface area contributed by atoms with Crippen molar-refractivity contribution in [3.05, 3.63) is 35.9 Å². The van der Waals surface area contributed by atoms with Gasteiger partial charge in [0.25, 0.3) is 0 Å². The van der Waals surface area contributed by atoms with Gasteiger partial charge in [0.1, 0.15) is 5.60 Å². The summed E-state index contributed by atoms with van der Waals surface area (Å²) in [6.07, 6.45) is 1.07. The molecule has 23 heavy (non-hydrogen) atoms. The van der Waals surface area contributed by atoms with E-state index in [9.17, 15) is 9.59 Å². The first-order chi connectivity index (χ1) is 10.8. The molecular formula is C17H27N3O3. The van der Waals surface area contributed by atoms with Gasteiger partial charge >= 0.3 is 12.1 Å². The molecule has 0 aliphatic carbocycles. The zero-order chi connectivity index (χ0) is 17.3. The number of unbranched alkanes of at least 4 members (excludes halogenated alkanes) is 1. The molecule has 0 aromatic heterocycles. The molecule has 0 aliphatic rings. The van der Waals surface area contributed by atoms with Crippen LogP contribution in [0.15, 0.2) is 30.3 Å². The first kappa shape index (κ1) is 18.8. The maximum atomic E-state index is 12.3. The van der Waals surface area contributed by atoms with E-state index in [-0.39, 0.29) is 6.03 Å². The number of hydrogen-bond acceptors (Lipinski definition) is 3. The topological polar surface area (TPSA) is 70.7 Å². The molecule has 0 atom stereocenters. The van der Waals surface area contributed by atoms with E-state index in [1.54, 1.807) is 20.8 Å². The van der Waals surface area contributed by atoms with Crippen LogP contribution >= 0.6 is 0 Å². The number of carbonyl (C=O) groups excluding carboxylic acids is 2. The monoisotopic (exact) mass is 321 g/mol. The Bertz CT molecular complexity index is 498. The summed E-state index contributed by atoms with van der Waals surface area (Å²) in [5, 5.41) is 4.06. The van der Waals surface area contributed by atoms with Gasteiger partial charge in [0.15, 0.2) is 0 Å². The fourth-order valence-electron chi connectivity index (χ4n) is 1.80. The van der Waals surface area contributed by atoms with Gasteiger partial charge in [0, 0.05) is 13.1 Å². The van der Waals surface area contributed by atoms with Crippen molar-refractivity contribution in [2.24, 2.45) is 0 Å². The summed E-state index contributed by atoms with van der Waals surface area (Å²) >= 11 is 0. The summed E-state index contributed by atoms with van der Waals surface area (Å²) in [7, 11) is 0. The standard InChI is InChI=1S/C17H27N3O3/c1-5-6-12-20(19-16(22)23-17(2,3)4)15(21)18-13-14-10-8-7-9-11-14/h7-11H,5-6,12-13H2,1-4H3,(H,18,21)(H,19,22). The molecule has 2 N–H and O–H groups in total. The van der Waals surface area contributed by atoms with E-state index in [0.29, 0.717) is 13.1 Å². The number of benzene rings is 1. The number of carbonyl (C=O) groups is 2. The van der Waals surface area contributed by atoms with E-state index in [2.05, 4.69) is 10.7 Å². The van der Waals surface area contributed by atoms with Crippen molar-refractivity contribution in [1.29, 1.82) is 0 Å². The highest BCUT2D eigenvalue weighted by atomic mass is 16.6. The third kappa shape index (κ3) is 8.09. The summed E-state index contributed by atoms with van der Waals surface area (Å²) in [5.74, 6) is 0. The number of hydrazine groups is 1. The lowest BCUT2D eigenvalue weighted by Gasteiger charge is -2.26. The van der Waals surface area contributed by atoms with Crippen molar-refractivity contribution >= 4 is 12.1 Å². The molecule has 6 heteroatoms. The SMILES string of the molecule is CCCCN(NC(=O)OC(C)(C)C)C(=O)NCc1ccccc1. The van der Waals surface area contributed by atoms with Gasteiger partial charge in [-0.15, -0.1) is 0 Å². The summed E-state index contributed by atoms with van der Waals surface area (Å²) in [5.41, 5.74) is 2.89. The van der Waals surface area contributed by atoms with Crippen LogP contribution in [-0.4, -0.2) is 29.3 Å². The van der Waals surface area contributed by atoms with Gasteiger partial charge in [0.2, 0.25) is 0 Å². The van der Waals surface area contributed by atoms with Gasteiger partial charge in [-0.2, -0.15) is 0 Å². The summed E-state index contributed by atoms with van der Waals surface area (Å²) in [6, 6.07) is 9.25. The molecule has 0 radical (unpaired) electrons. The second kappa shape index (κ2) is 9.02. The fourth-order valence-corrected chi connectivity index (χ4v) is 1.80. The van der Waals surface area contributed by atoms with Gasteiger partial charge < -0.3 is 10.1 Å². The van der Waals surface area contributed by atoms with Crippen LogP contribution in [0.3, 0.4) is 0 Å². The van der Waals surface area contributed by atoms with Crippen LogP contribution in [0.25, 0.3) is 0 Å². The quantitative estimate of drug-likeness (QED) is 0.816. The zero-order valence-corrected chi connectivity index (χ0v) is 14.4. The van der Waals surface area contributed by atoms with E-state index in [0.717, 1.165) is 18.4 Å². The number of urea groups is 1. The Labute approximate surface area is 138 Å². The van der Waals surface area contributed by atoms with E-state index in [1.807, 2.05) is 37.3 Å². The van der Waals surface area contributed by atoms with Crippen molar-refractivity contribution < 1.29 is 14.3 Å². The molecule has 0 bridgehead atoms. The molecule has 0 spiro atoms. The highest BCUT2D eigenvalue weighted by Gasteiger charge is 2.20. The first-order valence-electron chi connectivity index (χ1n) is 7.90. The number of hydrogen-bond donors (Lipinski definition) is 2. The molecule has 0 saturated carbocycles. The molecule has 3 amide bonds. The molecule has 0 unspecified atom stereocenters. The van der Waals surface area contributed by atoms with E-state index in [4.69, 9.17) is 4.74 Å². The van der Waals surface area contributed by atoms with Crippen molar-refractivity contribution in [1.82, 2.24) is 15.8 Å². The Balaban J connectivity index is 2.57. The molecule has 0 heterocycles. The van der Waals surface area contributed by atoms with E-state index < -0.39 is 11.7 Å². The summed E-state index contributed by atoms with van der Waals surface area (Å²) < 4.78 is 5.19. The molecule has 1 aromatic carbocycles. The van der Waals surface area contributed by atoms with Gasteiger partial charge in [-0.05, 0) is 32.8 Å². The Morgan fingerprint density at radius 1 is 1.17 bits per heavy atom. The summed E-state index contributed by atoms with van der Waals surface area (Å²) in [6.45, 7) is 8.18. The van der Waals surface area contributed by atoms with E-state index >= 15 is 0 Å². The van der Waals surface area contributed by atoms with Gasteiger partial charge in [0.05, 0.1) is 0 Å². The van der Waals surface area contributed by atoms with Crippen molar-refractivity contribution in [2.45, 2.75) is 52.7 Å². The average Bonchev–Trinajstić information content (AvgIpc) is 2.48. The molecule has 0 saturated heterocycles. The van der Waals surface area contributed by atoms with Crippen LogP contribution in [0, 0.1) is 0 Å². The Morgan fingerprint density at radius 3 is 2.39 bits per heavy atom. The maximum absolute atomic E-state index is 12.3. The van der Waals surface area contributed by atoms with Crippen molar-refractivity contribution in [3.8, 4) is 0 Å². The lowest BCUT2D eigenvalue weighted by atomic mass is 10.2. The Morgan fingerprint density at radius 2 is 1.83 bits per heavy atom. The lowest BCUT2D eigenvalue weighted by Crippen LogP contribution is -2.52. The molecule has 128 valence electrons. The molecule has 0 aliphatic heterocycles. The Hall–Kier alpha value is -2.24. The minimum atomic E-state index is -0.636. The summed E-state index contributed by atoms with van der Waals surface area (Å²) in [4.78, 5) is 24.1. The highest BCUT2D eigenvalue weighted by molar-refractivity contribution is 5.77. The third-order valence-electron chi connectivity index (χ3n) is 2.89. The maximum Gasteiger partial charge on any atom is 0.426 e. The minimum absolute atomic E-state index is 0.354. The van der Waals surface area contributed by atoms with Crippen LogP contribution in [0.2, 0.25) is 0 Å². The third-order valence-corrected chi connectivity index (χ3v) is 2.89. The predicted octanol–water partition coefficient (Wildman–Crippen LogP) is 3.44. The van der Waals surface area contributed by atoms with E-state index in [1.165, 1.54) is 5.01 Å². The highest BCUT2D eigenvalue weighted by Crippen LogP contribution is 2.07. The van der Waals surface area contributed by atoms with Crippen LogP contribution in [0.5, 0.6) is 0 Å². The largest absolute Gasteiger partial charge is 0.443 e. The van der Waals surface area contributed by atoms with Gasteiger partial charge in [-0.3, -0.25) is 0 Å². The normalized spacial score (nSPS) is 10.8. The molecule has 1 aromatic rings. The van der Waals surface area contributed by atoms with Crippen LogP contribution < -0.4 is 10.7 Å². The van der Waals surface area contributed by atoms with Crippen LogP contribution in [0.4, 0.5) is 9.59 Å². The molecular weight excluding hydrogens is 294 g/mol. The van der Waals surface area contributed by atoms with Crippen LogP contribution in [0.1, 0.15) is 46.1 Å².